The highest BCUT2D eigenvalue weighted by Crippen LogP contribution is 2.15. The van der Waals surface area contributed by atoms with E-state index in [-0.39, 0.29) is 12.3 Å². The van der Waals surface area contributed by atoms with Gasteiger partial charge in [-0.25, -0.2) is 0 Å². The zero-order valence-corrected chi connectivity index (χ0v) is 15.0. The summed E-state index contributed by atoms with van der Waals surface area (Å²) < 4.78 is 10.0. The molecule has 2 aromatic rings. The molecule has 6 nitrogen and oxygen atoms in total. The first-order valence-corrected chi connectivity index (χ1v) is 8.45. The normalized spacial score (nSPS) is 11.5. The molecule has 1 unspecified atom stereocenters. The molecule has 0 aliphatic rings. The molecule has 2 aromatic carbocycles. The smallest absolute Gasteiger partial charge is 0.323 e. The van der Waals surface area contributed by atoms with Crippen molar-refractivity contribution in [1.29, 1.82) is 0 Å². The van der Waals surface area contributed by atoms with Crippen LogP contribution in [0, 0.1) is 0 Å². The number of esters is 1. The number of nitrogens with two attached hydrogens (primary N) is 1. The number of hydrogen-bond donors (Lipinski definition) is 2. The summed E-state index contributed by atoms with van der Waals surface area (Å²) >= 11 is 0. The molecule has 2 rings (SSSR count). The second-order valence-electron chi connectivity index (χ2n) is 5.84. The minimum Gasteiger partial charge on any atom is -0.497 e. The lowest BCUT2D eigenvalue weighted by molar-refractivity contribution is -0.144. The molecule has 1 amide bonds. The Labute approximate surface area is 153 Å². The van der Waals surface area contributed by atoms with E-state index < -0.39 is 12.0 Å². The van der Waals surface area contributed by atoms with Crippen molar-refractivity contribution in [3.05, 3.63) is 59.7 Å². The van der Waals surface area contributed by atoms with Crippen molar-refractivity contribution in [2.24, 2.45) is 5.73 Å². The van der Waals surface area contributed by atoms with Crippen molar-refractivity contribution < 1.29 is 19.1 Å². The van der Waals surface area contributed by atoms with Gasteiger partial charge in [-0.15, -0.1) is 0 Å². The average Bonchev–Trinajstić information content (AvgIpc) is 2.62. The third-order valence-electron chi connectivity index (χ3n) is 3.78. The summed E-state index contributed by atoms with van der Waals surface area (Å²) in [5, 5.41) is 2.86. The van der Waals surface area contributed by atoms with Gasteiger partial charge in [-0.1, -0.05) is 24.3 Å². The zero-order chi connectivity index (χ0) is 18.9. The molecule has 1 atom stereocenters. The summed E-state index contributed by atoms with van der Waals surface area (Å²) in [6.45, 7) is 2.04. The number of anilines is 1. The quantitative estimate of drug-likeness (QED) is 0.708. The largest absolute Gasteiger partial charge is 0.497 e. The van der Waals surface area contributed by atoms with Crippen molar-refractivity contribution >= 4 is 17.6 Å². The van der Waals surface area contributed by atoms with Crippen LogP contribution in [0.4, 0.5) is 5.69 Å². The maximum Gasteiger partial charge on any atom is 0.323 e. The first kappa shape index (κ1) is 19.5. The molecule has 3 N–H and O–H groups in total. The lowest BCUT2D eigenvalue weighted by atomic mass is 10.1. The second-order valence-corrected chi connectivity index (χ2v) is 5.84. The predicted octanol–water partition coefficient (Wildman–Crippen LogP) is 2.31. The average molecular weight is 356 g/mol. The van der Waals surface area contributed by atoms with E-state index in [1.807, 2.05) is 42.5 Å². The van der Waals surface area contributed by atoms with Crippen molar-refractivity contribution in [2.45, 2.75) is 25.8 Å². The molecule has 0 saturated heterocycles. The Balaban J connectivity index is 1.94. The highest BCUT2D eigenvalue weighted by atomic mass is 16.5. The van der Waals surface area contributed by atoms with Gasteiger partial charge in [0.2, 0.25) is 5.91 Å². The first-order chi connectivity index (χ1) is 12.5. The van der Waals surface area contributed by atoms with Crippen LogP contribution in [0.5, 0.6) is 5.75 Å². The van der Waals surface area contributed by atoms with Crippen LogP contribution in [0.15, 0.2) is 48.5 Å². The number of methoxy groups -OCH3 is 1. The summed E-state index contributed by atoms with van der Waals surface area (Å²) in [6, 6.07) is 13.9. The van der Waals surface area contributed by atoms with Crippen molar-refractivity contribution in [2.75, 3.05) is 19.0 Å². The third kappa shape index (κ3) is 5.89. The molecule has 0 heterocycles. The molecular weight excluding hydrogens is 332 g/mol. The fraction of sp³-hybridized carbons (Fsp3) is 0.300. The predicted molar refractivity (Wildman–Crippen MR) is 100 cm³/mol. The number of hydrogen-bond acceptors (Lipinski definition) is 5. The lowest BCUT2D eigenvalue weighted by Crippen LogP contribution is -2.34. The Hall–Kier alpha value is -2.86. The van der Waals surface area contributed by atoms with Crippen LogP contribution in [0.2, 0.25) is 0 Å². The summed E-state index contributed by atoms with van der Waals surface area (Å²) in [5.74, 6) is 0.197. The number of rotatable bonds is 8. The molecule has 0 saturated carbocycles. The van der Waals surface area contributed by atoms with E-state index in [1.54, 1.807) is 20.1 Å². The van der Waals surface area contributed by atoms with Gasteiger partial charge in [0.05, 0.1) is 20.1 Å². The highest BCUT2D eigenvalue weighted by molar-refractivity contribution is 5.92. The number of carbonyl (C=O) groups is 2. The summed E-state index contributed by atoms with van der Waals surface area (Å²) in [6.07, 6.45) is 0.609. The molecule has 26 heavy (non-hydrogen) atoms. The van der Waals surface area contributed by atoms with Crippen molar-refractivity contribution in [3.8, 4) is 5.75 Å². The molecule has 0 fully saturated rings. The van der Waals surface area contributed by atoms with Crippen molar-refractivity contribution in [3.63, 3.8) is 0 Å². The molecule has 0 aromatic heterocycles. The zero-order valence-electron chi connectivity index (χ0n) is 15.0. The molecule has 138 valence electrons. The number of amides is 1. The van der Waals surface area contributed by atoms with Gasteiger partial charge in [0.15, 0.2) is 0 Å². The Morgan fingerprint density at radius 1 is 1.12 bits per heavy atom. The van der Waals surface area contributed by atoms with Crippen LogP contribution < -0.4 is 15.8 Å². The van der Waals surface area contributed by atoms with E-state index in [2.05, 4.69) is 5.32 Å². The van der Waals surface area contributed by atoms with Crippen LogP contribution in [0.25, 0.3) is 0 Å². The SMILES string of the molecule is CCOC(=O)C(N)Cc1cccc(NC(=O)Cc2ccc(OC)cc2)c1. The van der Waals surface area contributed by atoms with Gasteiger partial charge < -0.3 is 20.5 Å². The Morgan fingerprint density at radius 2 is 1.85 bits per heavy atom. The lowest BCUT2D eigenvalue weighted by Gasteiger charge is -2.12. The van der Waals surface area contributed by atoms with Gasteiger partial charge in [-0.2, -0.15) is 0 Å². The van der Waals surface area contributed by atoms with Crippen LogP contribution >= 0.6 is 0 Å². The van der Waals surface area contributed by atoms with E-state index in [0.29, 0.717) is 18.7 Å². The van der Waals surface area contributed by atoms with Crippen LogP contribution in [0.1, 0.15) is 18.1 Å². The topological polar surface area (TPSA) is 90.6 Å². The van der Waals surface area contributed by atoms with Gasteiger partial charge in [-0.3, -0.25) is 9.59 Å². The molecule has 0 aliphatic heterocycles. The second kappa shape index (κ2) is 9.58. The van der Waals surface area contributed by atoms with Gasteiger partial charge in [0, 0.05) is 5.69 Å². The fourth-order valence-corrected chi connectivity index (χ4v) is 2.50. The molecule has 0 spiro atoms. The van der Waals surface area contributed by atoms with E-state index >= 15 is 0 Å². The standard InChI is InChI=1S/C20H24N2O4/c1-3-26-20(24)18(21)12-15-5-4-6-16(11-15)22-19(23)13-14-7-9-17(25-2)10-8-14/h4-11,18H,3,12-13,21H2,1-2H3,(H,22,23). The fourth-order valence-electron chi connectivity index (χ4n) is 2.50. The number of carbonyl (C=O) groups excluding carboxylic acids is 2. The minimum atomic E-state index is -0.722. The summed E-state index contributed by atoms with van der Waals surface area (Å²) in [5.41, 5.74) is 8.25. The van der Waals surface area contributed by atoms with Gasteiger partial charge in [-0.05, 0) is 48.7 Å². The van der Waals surface area contributed by atoms with Gasteiger partial charge in [0.25, 0.3) is 0 Å². The van der Waals surface area contributed by atoms with E-state index in [0.717, 1.165) is 16.9 Å². The third-order valence-corrected chi connectivity index (χ3v) is 3.78. The maximum absolute atomic E-state index is 12.2. The van der Waals surface area contributed by atoms with Crippen LogP contribution in [-0.2, 0) is 27.2 Å². The maximum atomic E-state index is 12.2. The summed E-state index contributed by atoms with van der Waals surface area (Å²) in [4.78, 5) is 23.9. The number of benzene rings is 2. The van der Waals surface area contributed by atoms with Crippen LogP contribution in [-0.4, -0.2) is 31.6 Å². The summed E-state index contributed by atoms with van der Waals surface area (Å²) in [7, 11) is 1.60. The van der Waals surface area contributed by atoms with Crippen LogP contribution in [0.3, 0.4) is 0 Å². The molecule has 0 bridgehead atoms. The van der Waals surface area contributed by atoms with E-state index in [1.165, 1.54) is 0 Å². The Kier molecular flexibility index (Phi) is 7.17. The molecule has 6 heteroatoms. The number of nitrogens with one attached hydrogen (secondary N) is 1. The monoisotopic (exact) mass is 356 g/mol. The number of ether oxygens (including phenoxy) is 2. The van der Waals surface area contributed by atoms with Gasteiger partial charge >= 0.3 is 5.97 Å². The van der Waals surface area contributed by atoms with E-state index in [4.69, 9.17) is 15.2 Å². The minimum absolute atomic E-state index is 0.123. The first-order valence-electron chi connectivity index (χ1n) is 8.45. The Bertz CT molecular complexity index is 744. The molecular formula is C20H24N2O4. The Morgan fingerprint density at radius 3 is 2.50 bits per heavy atom. The van der Waals surface area contributed by atoms with E-state index in [9.17, 15) is 9.59 Å². The molecule has 0 aliphatic carbocycles. The van der Waals surface area contributed by atoms with Crippen molar-refractivity contribution in [1.82, 2.24) is 0 Å². The molecule has 0 radical (unpaired) electrons. The van der Waals surface area contributed by atoms with Gasteiger partial charge in [0.1, 0.15) is 11.8 Å². The highest BCUT2D eigenvalue weighted by Gasteiger charge is 2.15.